The van der Waals surface area contributed by atoms with Crippen LogP contribution in [0.2, 0.25) is 0 Å². The van der Waals surface area contributed by atoms with Crippen molar-refractivity contribution in [3.05, 3.63) is 120 Å². The van der Waals surface area contributed by atoms with Crippen molar-refractivity contribution in [2.45, 2.75) is 6.61 Å². The number of benzene rings is 4. The summed E-state index contributed by atoms with van der Waals surface area (Å²) >= 11 is 0. The smallest absolute Gasteiger partial charge is 0.356 e. The largest absolute Gasteiger partial charge is 0.489 e. The highest BCUT2D eigenvalue weighted by atomic mass is 16.5. The molecule has 0 spiro atoms. The van der Waals surface area contributed by atoms with Gasteiger partial charge in [-0.15, -0.1) is 0 Å². The molecule has 1 heterocycles. The minimum Gasteiger partial charge on any atom is -0.489 e. The van der Waals surface area contributed by atoms with Crippen molar-refractivity contribution in [1.29, 1.82) is 0 Å². The number of nitrogens with zero attached hydrogens (tertiary/aromatic N) is 2. The summed E-state index contributed by atoms with van der Waals surface area (Å²) in [7, 11) is 0. The van der Waals surface area contributed by atoms with Gasteiger partial charge < -0.3 is 15.2 Å². The zero-order valence-corrected chi connectivity index (χ0v) is 18.6. The third kappa shape index (κ3) is 5.04. The number of carbonyl (C=O) groups is 2. The third-order valence-electron chi connectivity index (χ3n) is 5.51. The van der Waals surface area contributed by atoms with Gasteiger partial charge in [-0.1, -0.05) is 42.5 Å². The molecule has 7 heteroatoms. The maximum Gasteiger partial charge on any atom is 0.356 e. The number of carbonyl (C=O) groups excluding carboxylic acids is 1. The van der Waals surface area contributed by atoms with Gasteiger partial charge >= 0.3 is 5.97 Å². The first-order valence-electron chi connectivity index (χ1n) is 11.0. The molecule has 5 aromatic rings. The molecule has 0 bridgehead atoms. The van der Waals surface area contributed by atoms with E-state index >= 15 is 0 Å². The molecule has 4 aromatic carbocycles. The van der Waals surface area contributed by atoms with Crippen LogP contribution in [0.15, 0.2) is 103 Å². The van der Waals surface area contributed by atoms with Gasteiger partial charge in [0.1, 0.15) is 12.4 Å². The van der Waals surface area contributed by atoms with E-state index < -0.39 is 5.97 Å². The summed E-state index contributed by atoms with van der Waals surface area (Å²) in [6, 6.07) is 29.8. The van der Waals surface area contributed by atoms with Crippen LogP contribution in [-0.2, 0) is 6.61 Å². The third-order valence-corrected chi connectivity index (χ3v) is 5.51. The Bertz CT molecular complexity index is 1520. The number of nitrogens with one attached hydrogen (secondary N) is 1. The maximum atomic E-state index is 12.8. The second-order valence-corrected chi connectivity index (χ2v) is 7.95. The molecule has 2 N–H and O–H groups in total. The van der Waals surface area contributed by atoms with Crippen LogP contribution in [0.4, 0.5) is 5.69 Å². The maximum absolute atomic E-state index is 12.8. The summed E-state index contributed by atoms with van der Waals surface area (Å²) in [6.07, 6.45) is 1.57. The zero-order chi connectivity index (χ0) is 24.2. The van der Waals surface area contributed by atoms with Gasteiger partial charge in [0.2, 0.25) is 0 Å². The number of ether oxygens (including phenoxy) is 1. The number of anilines is 1. The number of aromatic carboxylic acids is 1. The Morgan fingerprint density at radius 3 is 2.43 bits per heavy atom. The normalized spacial score (nSPS) is 10.7. The van der Waals surface area contributed by atoms with E-state index in [9.17, 15) is 9.59 Å². The van der Waals surface area contributed by atoms with Crippen LogP contribution in [0.1, 0.15) is 26.4 Å². The number of hydrogen-bond acceptors (Lipinski definition) is 4. The van der Waals surface area contributed by atoms with E-state index in [1.165, 1.54) is 10.7 Å². The molecule has 172 valence electrons. The summed E-state index contributed by atoms with van der Waals surface area (Å²) in [6.45, 7) is 0.344. The van der Waals surface area contributed by atoms with E-state index in [-0.39, 0.29) is 11.6 Å². The van der Waals surface area contributed by atoms with E-state index in [0.717, 1.165) is 22.1 Å². The number of amides is 1. The van der Waals surface area contributed by atoms with E-state index in [4.69, 9.17) is 9.84 Å². The summed E-state index contributed by atoms with van der Waals surface area (Å²) in [5.41, 5.74) is 2.67. The predicted molar refractivity (Wildman–Crippen MR) is 133 cm³/mol. The van der Waals surface area contributed by atoms with E-state index in [2.05, 4.69) is 16.5 Å². The molecule has 0 saturated carbocycles. The molecule has 35 heavy (non-hydrogen) atoms. The van der Waals surface area contributed by atoms with Gasteiger partial charge in [0.15, 0.2) is 5.69 Å². The van der Waals surface area contributed by atoms with Gasteiger partial charge in [-0.05, 0) is 70.9 Å². The quantitative estimate of drug-likeness (QED) is 0.330. The van der Waals surface area contributed by atoms with Gasteiger partial charge in [-0.25, -0.2) is 9.48 Å². The van der Waals surface area contributed by atoms with Crippen molar-refractivity contribution in [3.8, 4) is 11.4 Å². The Hall–Kier alpha value is -4.91. The molecule has 0 fully saturated rings. The van der Waals surface area contributed by atoms with Crippen LogP contribution in [0, 0.1) is 0 Å². The summed E-state index contributed by atoms with van der Waals surface area (Å²) in [4.78, 5) is 23.8. The average molecular weight is 463 g/mol. The second-order valence-electron chi connectivity index (χ2n) is 7.95. The van der Waals surface area contributed by atoms with E-state index in [1.54, 1.807) is 36.5 Å². The molecule has 5 rings (SSSR count). The van der Waals surface area contributed by atoms with Crippen molar-refractivity contribution < 1.29 is 19.4 Å². The Balaban J connectivity index is 1.23. The second kappa shape index (κ2) is 9.52. The van der Waals surface area contributed by atoms with Crippen LogP contribution >= 0.6 is 0 Å². The monoisotopic (exact) mass is 463 g/mol. The molecule has 0 aliphatic carbocycles. The lowest BCUT2D eigenvalue weighted by Crippen LogP contribution is -2.12. The zero-order valence-electron chi connectivity index (χ0n) is 18.6. The lowest BCUT2D eigenvalue weighted by atomic mass is 10.1. The molecule has 1 amide bonds. The van der Waals surface area contributed by atoms with Crippen molar-refractivity contribution in [2.75, 3.05) is 5.32 Å². The summed E-state index contributed by atoms with van der Waals surface area (Å²) in [5, 5.41) is 18.2. The Labute approximate surface area is 201 Å². The van der Waals surface area contributed by atoms with Gasteiger partial charge in [0, 0.05) is 17.4 Å². The van der Waals surface area contributed by atoms with Crippen LogP contribution in [0.3, 0.4) is 0 Å². The lowest BCUT2D eigenvalue weighted by molar-refractivity contribution is 0.0689. The van der Waals surface area contributed by atoms with Gasteiger partial charge in [-0.3, -0.25) is 4.79 Å². The Morgan fingerprint density at radius 1 is 0.857 bits per heavy atom. The fourth-order valence-electron chi connectivity index (χ4n) is 3.71. The highest BCUT2D eigenvalue weighted by Crippen LogP contribution is 2.22. The van der Waals surface area contributed by atoms with Crippen molar-refractivity contribution >= 4 is 28.3 Å². The fraction of sp³-hybridized carbons (Fsp3) is 0.0357. The molecule has 0 aliphatic heterocycles. The van der Waals surface area contributed by atoms with Crippen LogP contribution in [-0.4, -0.2) is 26.8 Å². The Kier molecular flexibility index (Phi) is 5.96. The standard InChI is InChI=1S/C28H21N3O4/c32-27(29-23-9-11-24(12-10-23)31-15-14-26(30-31)28(33)34)22-7-3-4-19(16-22)18-35-25-13-8-20-5-1-2-6-21(20)17-25/h1-17H,18H2,(H,29,32)(H,33,34). The van der Waals surface area contributed by atoms with E-state index in [1.807, 2.05) is 54.6 Å². The van der Waals surface area contributed by atoms with Gasteiger partial charge in [-0.2, -0.15) is 5.10 Å². The average Bonchev–Trinajstić information content (AvgIpc) is 3.39. The minimum atomic E-state index is -1.09. The van der Waals surface area contributed by atoms with Crippen LogP contribution in [0.5, 0.6) is 5.75 Å². The SMILES string of the molecule is O=C(Nc1ccc(-n2ccc(C(=O)O)n2)cc1)c1cccc(COc2ccc3ccccc3c2)c1. The molecule has 0 radical (unpaired) electrons. The summed E-state index contributed by atoms with van der Waals surface area (Å²) < 4.78 is 7.41. The number of hydrogen-bond donors (Lipinski definition) is 2. The highest BCUT2D eigenvalue weighted by Gasteiger charge is 2.10. The van der Waals surface area contributed by atoms with Crippen molar-refractivity contribution in [1.82, 2.24) is 9.78 Å². The first-order chi connectivity index (χ1) is 17.0. The molecule has 0 aliphatic rings. The molecule has 0 atom stereocenters. The molecule has 0 unspecified atom stereocenters. The van der Waals surface area contributed by atoms with Crippen LogP contribution in [0.25, 0.3) is 16.5 Å². The number of fused-ring (bicyclic) bond motifs is 1. The number of rotatable bonds is 7. The number of carboxylic acid groups (broad SMARTS) is 1. The number of carboxylic acids is 1. The van der Waals surface area contributed by atoms with Gasteiger partial charge in [0.05, 0.1) is 5.69 Å². The summed E-state index contributed by atoms with van der Waals surface area (Å²) in [5.74, 6) is -0.554. The van der Waals surface area contributed by atoms with Gasteiger partial charge in [0.25, 0.3) is 5.91 Å². The topological polar surface area (TPSA) is 93.5 Å². The lowest BCUT2D eigenvalue weighted by Gasteiger charge is -2.10. The molecule has 1 aromatic heterocycles. The van der Waals surface area contributed by atoms with Crippen molar-refractivity contribution in [2.24, 2.45) is 0 Å². The van der Waals surface area contributed by atoms with Crippen LogP contribution < -0.4 is 10.1 Å². The number of aromatic nitrogens is 2. The van der Waals surface area contributed by atoms with E-state index in [0.29, 0.717) is 23.5 Å². The molecule has 7 nitrogen and oxygen atoms in total. The highest BCUT2D eigenvalue weighted by molar-refractivity contribution is 6.04. The Morgan fingerprint density at radius 2 is 1.66 bits per heavy atom. The first kappa shape index (κ1) is 21.9. The fourth-order valence-corrected chi connectivity index (χ4v) is 3.71. The van der Waals surface area contributed by atoms with Crippen molar-refractivity contribution in [3.63, 3.8) is 0 Å². The minimum absolute atomic E-state index is 0.0353. The molecular weight excluding hydrogens is 442 g/mol. The molecule has 0 saturated heterocycles. The predicted octanol–water partition coefficient (Wildman–Crippen LogP) is 5.56. The first-order valence-corrected chi connectivity index (χ1v) is 11.0. The molecular formula is C28H21N3O4.